The number of carbonyl (C=O) groups excluding carboxylic acids is 1. The van der Waals surface area contributed by atoms with Crippen LogP contribution in [0.5, 0.6) is 5.75 Å². The second-order valence-corrected chi connectivity index (χ2v) is 5.24. The molecule has 3 N–H and O–H groups in total. The van der Waals surface area contributed by atoms with Crippen LogP contribution < -0.4 is 15.4 Å². The van der Waals surface area contributed by atoms with Crippen LogP contribution >= 0.6 is 0 Å². The van der Waals surface area contributed by atoms with E-state index in [2.05, 4.69) is 10.6 Å². The Hall–Kier alpha value is -1.59. The monoisotopic (exact) mass is 294 g/mol. The first-order valence-electron chi connectivity index (χ1n) is 7.40. The fourth-order valence-corrected chi connectivity index (χ4v) is 2.04. The fraction of sp³-hybridized carbons (Fsp3) is 0.562. The number of hydrogen-bond acceptors (Lipinski definition) is 4. The standard InChI is InChI=1S/C16H26N2O3/c1-4-6-14(19)11-17-12(2)9-16(20)18-13-7-5-8-15(10-13)21-3/h5,7-8,10,12,14,17,19H,4,6,9,11H2,1-3H3,(H,18,20). The van der Waals surface area contributed by atoms with Crippen LogP contribution in [-0.4, -0.2) is 36.8 Å². The van der Waals surface area contributed by atoms with Gasteiger partial charge in [0, 0.05) is 30.8 Å². The van der Waals surface area contributed by atoms with Crippen molar-refractivity contribution >= 4 is 11.6 Å². The van der Waals surface area contributed by atoms with Crippen LogP contribution in [0.25, 0.3) is 0 Å². The minimum atomic E-state index is -0.348. The van der Waals surface area contributed by atoms with Gasteiger partial charge in [0.05, 0.1) is 13.2 Å². The zero-order chi connectivity index (χ0) is 15.7. The maximum atomic E-state index is 11.9. The van der Waals surface area contributed by atoms with Crippen LogP contribution in [0, 0.1) is 0 Å². The van der Waals surface area contributed by atoms with E-state index >= 15 is 0 Å². The van der Waals surface area contributed by atoms with Crippen molar-refractivity contribution in [3.63, 3.8) is 0 Å². The molecule has 0 heterocycles. The van der Waals surface area contributed by atoms with Crippen LogP contribution in [0.1, 0.15) is 33.1 Å². The van der Waals surface area contributed by atoms with Gasteiger partial charge < -0.3 is 20.5 Å². The van der Waals surface area contributed by atoms with Gasteiger partial charge in [-0.15, -0.1) is 0 Å². The van der Waals surface area contributed by atoms with Crippen molar-refractivity contribution < 1.29 is 14.6 Å². The zero-order valence-corrected chi connectivity index (χ0v) is 13.1. The van der Waals surface area contributed by atoms with Crippen LogP contribution in [0.3, 0.4) is 0 Å². The lowest BCUT2D eigenvalue weighted by Gasteiger charge is -2.16. The average molecular weight is 294 g/mol. The van der Waals surface area contributed by atoms with E-state index in [1.807, 2.05) is 32.0 Å². The van der Waals surface area contributed by atoms with Gasteiger partial charge in [-0.1, -0.05) is 19.4 Å². The van der Waals surface area contributed by atoms with Gasteiger partial charge in [0.2, 0.25) is 5.91 Å². The summed E-state index contributed by atoms with van der Waals surface area (Å²) in [6.07, 6.45) is 1.73. The van der Waals surface area contributed by atoms with Crippen LogP contribution in [0.4, 0.5) is 5.69 Å². The Morgan fingerprint density at radius 1 is 1.43 bits per heavy atom. The van der Waals surface area contributed by atoms with Crippen molar-refractivity contribution in [1.29, 1.82) is 0 Å². The molecule has 0 aliphatic heterocycles. The molecule has 1 aromatic carbocycles. The van der Waals surface area contributed by atoms with Crippen molar-refractivity contribution in [3.05, 3.63) is 24.3 Å². The van der Waals surface area contributed by atoms with Gasteiger partial charge in [-0.3, -0.25) is 4.79 Å². The summed E-state index contributed by atoms with van der Waals surface area (Å²) in [4.78, 5) is 11.9. The van der Waals surface area contributed by atoms with Crippen molar-refractivity contribution in [1.82, 2.24) is 5.32 Å². The molecule has 2 atom stereocenters. The predicted molar refractivity (Wildman–Crippen MR) is 84.6 cm³/mol. The van der Waals surface area contributed by atoms with E-state index in [-0.39, 0.29) is 18.1 Å². The SMILES string of the molecule is CCCC(O)CNC(C)CC(=O)Nc1cccc(OC)c1. The summed E-state index contributed by atoms with van der Waals surface area (Å²) in [5.41, 5.74) is 0.720. The molecule has 0 aliphatic carbocycles. The summed E-state index contributed by atoms with van der Waals surface area (Å²) in [5, 5.41) is 15.7. The number of aliphatic hydroxyl groups is 1. The molecule has 0 bridgehead atoms. The number of hydrogen-bond donors (Lipinski definition) is 3. The lowest BCUT2D eigenvalue weighted by Crippen LogP contribution is -2.36. The fourth-order valence-electron chi connectivity index (χ4n) is 2.04. The second-order valence-electron chi connectivity index (χ2n) is 5.24. The van der Waals surface area contributed by atoms with Gasteiger partial charge >= 0.3 is 0 Å². The highest BCUT2D eigenvalue weighted by atomic mass is 16.5. The molecule has 1 amide bonds. The summed E-state index contributed by atoms with van der Waals surface area (Å²) in [6.45, 7) is 4.49. The van der Waals surface area contributed by atoms with Gasteiger partial charge in [0.15, 0.2) is 0 Å². The minimum Gasteiger partial charge on any atom is -0.497 e. The maximum absolute atomic E-state index is 11.9. The van der Waals surface area contributed by atoms with Gasteiger partial charge in [-0.05, 0) is 25.5 Å². The second kappa shape index (κ2) is 9.37. The zero-order valence-electron chi connectivity index (χ0n) is 13.1. The number of carbonyl (C=O) groups is 1. The number of ether oxygens (including phenoxy) is 1. The predicted octanol–water partition coefficient (Wildman–Crippen LogP) is 2.16. The molecule has 0 saturated carbocycles. The van der Waals surface area contributed by atoms with Gasteiger partial charge in [-0.2, -0.15) is 0 Å². The smallest absolute Gasteiger partial charge is 0.225 e. The van der Waals surface area contributed by atoms with E-state index in [0.29, 0.717) is 18.7 Å². The van der Waals surface area contributed by atoms with Crippen molar-refractivity contribution in [2.24, 2.45) is 0 Å². The Labute approximate surface area is 126 Å². The number of benzene rings is 1. The molecule has 1 rings (SSSR count). The van der Waals surface area contributed by atoms with Crippen LogP contribution in [0.2, 0.25) is 0 Å². The molecule has 0 radical (unpaired) electrons. The highest BCUT2D eigenvalue weighted by Crippen LogP contribution is 2.16. The average Bonchev–Trinajstić information content (AvgIpc) is 2.45. The summed E-state index contributed by atoms with van der Waals surface area (Å²) >= 11 is 0. The minimum absolute atomic E-state index is 0.0158. The first-order chi connectivity index (χ1) is 10.0. The number of anilines is 1. The molecule has 0 fully saturated rings. The number of nitrogens with one attached hydrogen (secondary N) is 2. The number of rotatable bonds is 9. The third-order valence-corrected chi connectivity index (χ3v) is 3.17. The third-order valence-electron chi connectivity index (χ3n) is 3.17. The van der Waals surface area contributed by atoms with E-state index in [4.69, 9.17) is 4.74 Å². The van der Waals surface area contributed by atoms with Gasteiger partial charge in [0.25, 0.3) is 0 Å². The molecular formula is C16H26N2O3. The normalized spacial score (nSPS) is 13.5. The Balaban J connectivity index is 2.35. The summed E-state index contributed by atoms with van der Waals surface area (Å²) < 4.78 is 5.11. The largest absolute Gasteiger partial charge is 0.497 e. The number of methoxy groups -OCH3 is 1. The van der Waals surface area contributed by atoms with Gasteiger partial charge in [0.1, 0.15) is 5.75 Å². The van der Waals surface area contributed by atoms with Crippen molar-refractivity contribution in [3.8, 4) is 5.75 Å². The van der Waals surface area contributed by atoms with Crippen LogP contribution in [-0.2, 0) is 4.79 Å². The first-order valence-corrected chi connectivity index (χ1v) is 7.40. The molecule has 5 nitrogen and oxygen atoms in total. The van der Waals surface area contributed by atoms with Crippen LogP contribution in [0.15, 0.2) is 24.3 Å². The molecule has 1 aromatic rings. The number of aliphatic hydroxyl groups excluding tert-OH is 1. The topological polar surface area (TPSA) is 70.6 Å². The molecule has 0 aromatic heterocycles. The lowest BCUT2D eigenvalue weighted by atomic mass is 10.1. The molecular weight excluding hydrogens is 268 g/mol. The van der Waals surface area contributed by atoms with Crippen molar-refractivity contribution in [2.75, 3.05) is 19.0 Å². The van der Waals surface area contributed by atoms with E-state index in [9.17, 15) is 9.90 Å². The molecule has 118 valence electrons. The quantitative estimate of drug-likeness (QED) is 0.653. The highest BCUT2D eigenvalue weighted by molar-refractivity contribution is 5.91. The molecule has 5 heteroatoms. The third kappa shape index (κ3) is 7.11. The van der Waals surface area contributed by atoms with E-state index < -0.39 is 0 Å². The molecule has 0 spiro atoms. The summed E-state index contributed by atoms with van der Waals surface area (Å²) in [6, 6.07) is 7.28. The maximum Gasteiger partial charge on any atom is 0.225 e. The van der Waals surface area contributed by atoms with Crippen molar-refractivity contribution in [2.45, 2.75) is 45.3 Å². The molecule has 21 heavy (non-hydrogen) atoms. The van der Waals surface area contributed by atoms with E-state index in [1.165, 1.54) is 0 Å². The summed E-state index contributed by atoms with van der Waals surface area (Å²) in [7, 11) is 1.59. The Bertz CT molecular complexity index is 437. The van der Waals surface area contributed by atoms with Gasteiger partial charge in [-0.25, -0.2) is 0 Å². The van der Waals surface area contributed by atoms with E-state index in [1.54, 1.807) is 13.2 Å². The molecule has 0 saturated heterocycles. The Morgan fingerprint density at radius 3 is 2.86 bits per heavy atom. The van der Waals surface area contributed by atoms with E-state index in [0.717, 1.165) is 18.5 Å². The Kier molecular flexibility index (Phi) is 7.79. The molecule has 2 unspecified atom stereocenters. The first kappa shape index (κ1) is 17.5. The lowest BCUT2D eigenvalue weighted by molar-refractivity contribution is -0.116. The Morgan fingerprint density at radius 2 is 2.19 bits per heavy atom. The number of amides is 1. The summed E-state index contributed by atoms with van der Waals surface area (Å²) in [5.74, 6) is 0.648. The highest BCUT2D eigenvalue weighted by Gasteiger charge is 2.11. The molecule has 0 aliphatic rings.